The fourth-order valence-corrected chi connectivity index (χ4v) is 0.696. The van der Waals surface area contributed by atoms with Gasteiger partial charge in [0.05, 0.1) is 0 Å². The molecule has 10 heteroatoms. The van der Waals surface area contributed by atoms with Gasteiger partial charge in [-0.3, -0.25) is 0 Å². The van der Waals surface area contributed by atoms with Crippen molar-refractivity contribution in [1.82, 2.24) is 0 Å². The number of aliphatic carboxylic acids is 1. The van der Waals surface area contributed by atoms with Crippen LogP contribution in [0.2, 0.25) is 0 Å². The first-order valence-electron chi connectivity index (χ1n) is 3.96. The summed E-state index contributed by atoms with van der Waals surface area (Å²) in [5, 5.41) is 8.35. The number of carboxylic acid groups (broad SMARTS) is 1. The van der Waals surface area contributed by atoms with Crippen molar-refractivity contribution >= 4 is 13.8 Å². The van der Waals surface area contributed by atoms with Gasteiger partial charge in [-0.2, -0.15) is 4.57 Å². The molecule has 3 nitrogen and oxygen atoms in total. The molecule has 0 aliphatic heterocycles. The summed E-state index contributed by atoms with van der Waals surface area (Å²) in [7, 11) is -10.7. The predicted molar refractivity (Wildman–Crippen MR) is 47.8 cm³/mol. The molecule has 17 heavy (non-hydrogen) atoms. The maximum absolute atomic E-state index is 10.7. The van der Waals surface area contributed by atoms with Gasteiger partial charge in [-0.15, -0.1) is 0 Å². The Balaban J connectivity index is 0.000000325. The minimum Gasteiger partial charge on any atom is -0.477 e. The number of hydrogen-bond acceptors (Lipinski definition) is 1. The van der Waals surface area contributed by atoms with E-state index in [-0.39, 0.29) is 6.54 Å². The maximum atomic E-state index is 10.1. The number of carboxylic acids is 1. The Bertz CT molecular complexity index is 377. The first-order valence-corrected chi connectivity index (χ1v) is 5.99. The molecule has 1 rings (SSSR count). The number of rotatable bonds is 2. The largest absolute Gasteiger partial charge is 0.477 e. The zero-order chi connectivity index (χ0) is 13.8. The number of pyridine rings is 1. The van der Waals surface area contributed by atoms with E-state index >= 15 is 0 Å². The van der Waals surface area contributed by atoms with Gasteiger partial charge in [0.15, 0.2) is 12.4 Å². The van der Waals surface area contributed by atoms with E-state index in [4.69, 9.17) is 5.11 Å². The monoisotopic (exact) mass is 283 g/mol. The maximum Gasteiger partial charge on any atom is 0.370 e. The fourth-order valence-electron chi connectivity index (χ4n) is 0.696. The SMILES string of the molecule is F[P-](F)(F)(F)(F)F.O=C(O)C[n+]1ccccc1. The fraction of sp³-hybridized carbons (Fsp3) is 0.143. The molecule has 0 fully saturated rings. The van der Waals surface area contributed by atoms with Gasteiger partial charge in [-0.25, -0.2) is 4.79 Å². The molecule has 0 aromatic carbocycles. The van der Waals surface area contributed by atoms with Crippen LogP contribution in [0, 0.1) is 0 Å². The van der Waals surface area contributed by atoms with Gasteiger partial charge in [-0.05, 0) is 0 Å². The third-order valence-corrected chi connectivity index (χ3v) is 1.10. The molecule has 0 saturated heterocycles. The van der Waals surface area contributed by atoms with Crippen LogP contribution in [-0.2, 0) is 11.3 Å². The summed E-state index contributed by atoms with van der Waals surface area (Å²) in [6.07, 6.45) is 3.43. The average molecular weight is 283 g/mol. The normalized spacial score (nSPS) is 14.9. The second-order valence-corrected chi connectivity index (χ2v) is 4.82. The molecule has 0 radical (unpaired) electrons. The number of aromatic nitrogens is 1. The number of carbonyl (C=O) groups is 1. The van der Waals surface area contributed by atoms with Gasteiger partial charge in [-0.1, -0.05) is 6.07 Å². The number of halogens is 6. The van der Waals surface area contributed by atoms with Gasteiger partial charge in [0.1, 0.15) is 0 Å². The van der Waals surface area contributed by atoms with E-state index in [0.29, 0.717) is 0 Å². The van der Waals surface area contributed by atoms with Crippen LogP contribution >= 0.6 is 7.81 Å². The minimum absolute atomic E-state index is 0.0286. The molecule has 0 aliphatic carbocycles. The summed E-state index contributed by atoms with van der Waals surface area (Å²) in [5.74, 6) is -0.823. The van der Waals surface area contributed by atoms with Crippen LogP contribution in [0.3, 0.4) is 0 Å². The minimum atomic E-state index is -10.7. The van der Waals surface area contributed by atoms with E-state index in [1.165, 1.54) is 0 Å². The van der Waals surface area contributed by atoms with E-state index in [2.05, 4.69) is 0 Å². The van der Waals surface area contributed by atoms with Gasteiger partial charge in [0.2, 0.25) is 6.54 Å². The smallest absolute Gasteiger partial charge is 0.370 e. The summed E-state index contributed by atoms with van der Waals surface area (Å²) in [4.78, 5) is 10.1. The molecular weight excluding hydrogens is 275 g/mol. The second-order valence-electron chi connectivity index (χ2n) is 2.90. The molecular formula is C7H8F6NO2P. The van der Waals surface area contributed by atoms with Crippen LogP contribution in [0.1, 0.15) is 0 Å². The standard InChI is InChI=1S/C7H7NO2.F6P/c9-7(10)6-8-4-2-1-3-5-8;1-7(2,3,4,5)6/h1-5H,6H2;/q;-1/p+1. The van der Waals surface area contributed by atoms with Crippen molar-refractivity contribution in [2.75, 3.05) is 0 Å². The Morgan fingerprint density at radius 3 is 1.65 bits per heavy atom. The molecule has 1 aromatic heterocycles. The van der Waals surface area contributed by atoms with Crippen LogP contribution in [0.25, 0.3) is 0 Å². The van der Waals surface area contributed by atoms with E-state index in [0.717, 1.165) is 0 Å². The first kappa shape index (κ1) is 15.6. The Kier molecular flexibility index (Phi) is 3.80. The Labute approximate surface area is 91.5 Å². The van der Waals surface area contributed by atoms with Crippen LogP contribution in [-0.4, -0.2) is 11.1 Å². The van der Waals surface area contributed by atoms with Crippen LogP contribution in [0.15, 0.2) is 30.6 Å². The van der Waals surface area contributed by atoms with Crippen molar-refractivity contribution in [1.29, 1.82) is 0 Å². The van der Waals surface area contributed by atoms with Crippen molar-refractivity contribution in [3.8, 4) is 0 Å². The van der Waals surface area contributed by atoms with Gasteiger partial charge in [0.25, 0.3) is 0 Å². The topological polar surface area (TPSA) is 41.2 Å². The van der Waals surface area contributed by atoms with Gasteiger partial charge >= 0.3 is 39.0 Å². The van der Waals surface area contributed by atoms with Crippen molar-refractivity contribution < 1.29 is 39.6 Å². The molecule has 1 aromatic rings. The zero-order valence-electron chi connectivity index (χ0n) is 8.11. The summed E-state index contributed by atoms with van der Waals surface area (Å²) in [6.45, 7) is 0.0286. The molecule has 100 valence electrons. The summed E-state index contributed by atoms with van der Waals surface area (Å²) >= 11 is 0. The summed E-state index contributed by atoms with van der Waals surface area (Å²) in [6, 6.07) is 5.43. The van der Waals surface area contributed by atoms with E-state index < -0.39 is 13.8 Å². The van der Waals surface area contributed by atoms with E-state index in [9.17, 15) is 30.0 Å². The molecule has 0 bridgehead atoms. The average Bonchev–Trinajstić information content (AvgIpc) is 1.98. The quantitative estimate of drug-likeness (QED) is 0.513. The molecule has 0 atom stereocenters. The van der Waals surface area contributed by atoms with Crippen LogP contribution in [0.5, 0.6) is 0 Å². The summed E-state index contributed by atoms with van der Waals surface area (Å²) in [5.41, 5.74) is 0. The zero-order valence-corrected chi connectivity index (χ0v) is 9.01. The molecule has 1 N–H and O–H groups in total. The third kappa shape index (κ3) is 20.7. The molecule has 0 aliphatic rings. The molecule has 0 unspecified atom stereocenters. The predicted octanol–water partition coefficient (Wildman–Crippen LogP) is 3.44. The van der Waals surface area contributed by atoms with Crippen LogP contribution in [0.4, 0.5) is 25.2 Å². The van der Waals surface area contributed by atoms with E-state index in [1.807, 2.05) is 6.07 Å². The number of nitrogens with zero attached hydrogens (tertiary/aromatic N) is 1. The second kappa shape index (κ2) is 4.14. The Morgan fingerprint density at radius 2 is 1.35 bits per heavy atom. The Morgan fingerprint density at radius 1 is 1.00 bits per heavy atom. The van der Waals surface area contributed by atoms with Gasteiger partial charge < -0.3 is 5.11 Å². The van der Waals surface area contributed by atoms with Crippen molar-refractivity contribution in [2.45, 2.75) is 6.54 Å². The number of hydrogen-bond donors (Lipinski definition) is 1. The van der Waals surface area contributed by atoms with E-state index in [1.54, 1.807) is 29.1 Å². The summed E-state index contributed by atoms with van der Waals surface area (Å²) < 4.78 is 60.8. The van der Waals surface area contributed by atoms with Gasteiger partial charge in [0, 0.05) is 12.1 Å². The van der Waals surface area contributed by atoms with Crippen molar-refractivity contribution in [2.24, 2.45) is 0 Å². The molecule has 0 amide bonds. The van der Waals surface area contributed by atoms with Crippen molar-refractivity contribution in [3.05, 3.63) is 30.6 Å². The molecule has 1 heterocycles. The third-order valence-electron chi connectivity index (χ3n) is 1.10. The Hall–Kier alpha value is -1.37. The van der Waals surface area contributed by atoms with Crippen molar-refractivity contribution in [3.63, 3.8) is 0 Å². The first-order chi connectivity index (χ1) is 7.24. The van der Waals surface area contributed by atoms with Crippen LogP contribution < -0.4 is 4.57 Å². The molecule has 0 spiro atoms. The molecule has 0 saturated carbocycles.